The number of halogens is 1. The lowest BCUT2D eigenvalue weighted by atomic mass is 10.1. The van der Waals surface area contributed by atoms with Gasteiger partial charge >= 0.3 is 0 Å². The molecule has 5 heteroatoms. The van der Waals surface area contributed by atoms with Crippen molar-refractivity contribution < 1.29 is 4.74 Å². The second-order valence-corrected chi connectivity index (χ2v) is 4.07. The van der Waals surface area contributed by atoms with Crippen molar-refractivity contribution in [3.05, 3.63) is 17.3 Å². The Balaban J connectivity index is 1.94. The molecule has 3 N–H and O–H groups in total. The first-order chi connectivity index (χ1) is 7.25. The highest BCUT2D eigenvalue weighted by molar-refractivity contribution is 6.29. The number of ether oxygens (including phenoxy) is 1. The van der Waals surface area contributed by atoms with E-state index in [9.17, 15) is 0 Å². The van der Waals surface area contributed by atoms with Crippen LogP contribution in [0.2, 0.25) is 5.15 Å². The molecule has 2 rings (SSSR count). The third-order valence-corrected chi connectivity index (χ3v) is 2.69. The van der Waals surface area contributed by atoms with E-state index < -0.39 is 0 Å². The summed E-state index contributed by atoms with van der Waals surface area (Å²) in [7, 11) is 0. The van der Waals surface area contributed by atoms with E-state index in [1.807, 2.05) is 0 Å². The maximum absolute atomic E-state index is 5.78. The predicted molar refractivity (Wildman–Crippen MR) is 61.1 cm³/mol. The maximum Gasteiger partial charge on any atom is 0.150 e. The Morgan fingerprint density at radius 3 is 3.20 bits per heavy atom. The van der Waals surface area contributed by atoms with Crippen LogP contribution in [0, 0.1) is 5.92 Å². The zero-order valence-corrected chi connectivity index (χ0v) is 9.13. The average molecular weight is 228 g/mol. The van der Waals surface area contributed by atoms with Crippen LogP contribution >= 0.6 is 11.6 Å². The van der Waals surface area contributed by atoms with Crippen LogP contribution in [0.5, 0.6) is 0 Å². The molecule has 0 spiro atoms. The second-order valence-electron chi connectivity index (χ2n) is 3.68. The second kappa shape index (κ2) is 4.68. The molecule has 0 bridgehead atoms. The number of aromatic nitrogens is 1. The third kappa shape index (κ3) is 2.73. The standard InChI is InChI=1S/C10H14ClN3O/c11-9-2-1-8(12)10(14-9)13-5-7-3-4-15-6-7/h1-2,7H,3-6,12H2,(H,13,14). The number of nitrogens with zero attached hydrogens (tertiary/aromatic N) is 1. The van der Waals surface area contributed by atoms with Crippen molar-refractivity contribution in [2.75, 3.05) is 30.8 Å². The largest absolute Gasteiger partial charge is 0.396 e. The van der Waals surface area contributed by atoms with Crippen LogP contribution in [0.1, 0.15) is 6.42 Å². The molecule has 0 aromatic carbocycles. The summed E-state index contributed by atoms with van der Waals surface area (Å²) in [6.07, 6.45) is 1.09. The van der Waals surface area contributed by atoms with Crippen LogP contribution in [0.4, 0.5) is 11.5 Å². The van der Waals surface area contributed by atoms with Crippen LogP contribution in [-0.2, 0) is 4.74 Å². The van der Waals surface area contributed by atoms with Crippen molar-refractivity contribution in [1.82, 2.24) is 4.98 Å². The molecule has 82 valence electrons. The topological polar surface area (TPSA) is 60.2 Å². The molecule has 1 atom stereocenters. The van der Waals surface area contributed by atoms with Gasteiger partial charge in [-0.1, -0.05) is 11.6 Å². The summed E-state index contributed by atoms with van der Waals surface area (Å²) in [5.41, 5.74) is 6.38. The van der Waals surface area contributed by atoms with E-state index in [4.69, 9.17) is 22.1 Å². The average Bonchev–Trinajstić information content (AvgIpc) is 2.72. The highest BCUT2D eigenvalue weighted by Crippen LogP contribution is 2.20. The van der Waals surface area contributed by atoms with Crippen molar-refractivity contribution in [3.63, 3.8) is 0 Å². The lowest BCUT2D eigenvalue weighted by Gasteiger charge is -2.11. The predicted octanol–water partition coefficient (Wildman–Crippen LogP) is 1.77. The first-order valence-corrected chi connectivity index (χ1v) is 5.37. The van der Waals surface area contributed by atoms with Gasteiger partial charge in [0.1, 0.15) is 5.15 Å². The zero-order chi connectivity index (χ0) is 10.7. The summed E-state index contributed by atoms with van der Waals surface area (Å²) in [6, 6.07) is 3.43. The first kappa shape index (κ1) is 10.5. The van der Waals surface area contributed by atoms with Crippen molar-refractivity contribution in [1.29, 1.82) is 0 Å². The van der Waals surface area contributed by atoms with Crippen LogP contribution in [0.25, 0.3) is 0 Å². The van der Waals surface area contributed by atoms with E-state index >= 15 is 0 Å². The molecule has 0 radical (unpaired) electrons. The molecule has 1 aromatic rings. The fourth-order valence-corrected chi connectivity index (χ4v) is 1.72. The molecule has 1 saturated heterocycles. The molecule has 1 fully saturated rings. The van der Waals surface area contributed by atoms with Gasteiger partial charge in [0.25, 0.3) is 0 Å². The Bertz CT molecular complexity index is 339. The van der Waals surface area contributed by atoms with E-state index in [2.05, 4.69) is 10.3 Å². The van der Waals surface area contributed by atoms with Crippen molar-refractivity contribution >= 4 is 23.1 Å². The van der Waals surface area contributed by atoms with Gasteiger partial charge in [0.15, 0.2) is 5.82 Å². The SMILES string of the molecule is Nc1ccc(Cl)nc1NCC1CCOC1. The van der Waals surface area contributed by atoms with Gasteiger partial charge < -0.3 is 15.8 Å². The lowest BCUT2D eigenvalue weighted by molar-refractivity contribution is 0.187. The number of anilines is 2. The number of pyridine rings is 1. The van der Waals surface area contributed by atoms with Gasteiger partial charge in [-0.05, 0) is 18.6 Å². The summed E-state index contributed by atoms with van der Waals surface area (Å²) in [5, 5.41) is 3.65. The van der Waals surface area contributed by atoms with Crippen molar-refractivity contribution in [2.45, 2.75) is 6.42 Å². The number of nitrogen functional groups attached to an aromatic ring is 1. The Labute approximate surface area is 93.8 Å². The molecule has 1 aromatic heterocycles. The minimum absolute atomic E-state index is 0.453. The molecule has 2 heterocycles. The molecular weight excluding hydrogens is 214 g/mol. The number of hydrogen-bond acceptors (Lipinski definition) is 4. The van der Waals surface area contributed by atoms with Crippen LogP contribution in [0.15, 0.2) is 12.1 Å². The van der Waals surface area contributed by atoms with Crippen LogP contribution in [-0.4, -0.2) is 24.7 Å². The van der Waals surface area contributed by atoms with Crippen LogP contribution < -0.4 is 11.1 Å². The van der Waals surface area contributed by atoms with Gasteiger partial charge in [-0.2, -0.15) is 0 Å². The molecule has 0 aliphatic carbocycles. The minimum Gasteiger partial charge on any atom is -0.396 e. The van der Waals surface area contributed by atoms with E-state index in [0.717, 1.165) is 26.2 Å². The van der Waals surface area contributed by atoms with E-state index in [0.29, 0.717) is 22.6 Å². The first-order valence-electron chi connectivity index (χ1n) is 4.99. The van der Waals surface area contributed by atoms with Gasteiger partial charge in [-0.3, -0.25) is 0 Å². The van der Waals surface area contributed by atoms with Gasteiger partial charge in [-0.25, -0.2) is 4.98 Å². The molecule has 0 amide bonds. The quantitative estimate of drug-likeness (QED) is 0.773. The zero-order valence-electron chi connectivity index (χ0n) is 8.37. The smallest absolute Gasteiger partial charge is 0.150 e. The lowest BCUT2D eigenvalue weighted by Crippen LogP contribution is -2.15. The van der Waals surface area contributed by atoms with E-state index in [-0.39, 0.29) is 0 Å². The summed E-state index contributed by atoms with van der Waals surface area (Å²) in [6.45, 7) is 2.50. The number of hydrogen-bond donors (Lipinski definition) is 2. The monoisotopic (exact) mass is 227 g/mol. The molecule has 1 unspecified atom stereocenters. The molecule has 1 aliphatic rings. The fourth-order valence-electron chi connectivity index (χ4n) is 1.57. The Hall–Kier alpha value is -1.00. The summed E-state index contributed by atoms with van der Waals surface area (Å²) < 4.78 is 5.28. The summed E-state index contributed by atoms with van der Waals surface area (Å²) >= 11 is 5.78. The Morgan fingerprint density at radius 1 is 1.60 bits per heavy atom. The third-order valence-electron chi connectivity index (χ3n) is 2.47. The molecule has 15 heavy (non-hydrogen) atoms. The molecule has 1 aliphatic heterocycles. The summed E-state index contributed by atoms with van der Waals surface area (Å²) in [5.74, 6) is 1.21. The maximum atomic E-state index is 5.78. The minimum atomic E-state index is 0.453. The fraction of sp³-hybridized carbons (Fsp3) is 0.500. The highest BCUT2D eigenvalue weighted by atomic mass is 35.5. The van der Waals surface area contributed by atoms with Crippen molar-refractivity contribution in [2.24, 2.45) is 5.92 Å². The highest BCUT2D eigenvalue weighted by Gasteiger charge is 2.15. The van der Waals surface area contributed by atoms with Gasteiger partial charge in [0, 0.05) is 19.1 Å². The van der Waals surface area contributed by atoms with E-state index in [1.165, 1.54) is 0 Å². The number of nitrogens with two attached hydrogens (primary N) is 1. The van der Waals surface area contributed by atoms with Gasteiger partial charge in [-0.15, -0.1) is 0 Å². The van der Waals surface area contributed by atoms with Gasteiger partial charge in [0.05, 0.1) is 12.3 Å². The Kier molecular flexibility index (Phi) is 3.28. The summed E-state index contributed by atoms with van der Waals surface area (Å²) in [4.78, 5) is 4.12. The molecular formula is C10H14ClN3O. The molecule has 0 saturated carbocycles. The van der Waals surface area contributed by atoms with Crippen LogP contribution in [0.3, 0.4) is 0 Å². The van der Waals surface area contributed by atoms with E-state index in [1.54, 1.807) is 12.1 Å². The van der Waals surface area contributed by atoms with Gasteiger partial charge in [0.2, 0.25) is 0 Å². The molecule has 4 nitrogen and oxygen atoms in total. The number of nitrogens with one attached hydrogen (secondary N) is 1. The number of rotatable bonds is 3. The van der Waals surface area contributed by atoms with Crippen molar-refractivity contribution in [3.8, 4) is 0 Å². The Morgan fingerprint density at radius 2 is 2.47 bits per heavy atom. The normalized spacial score (nSPS) is 20.5.